The maximum Gasteiger partial charge on any atom is 0.0689 e. The van der Waals surface area contributed by atoms with E-state index in [4.69, 9.17) is 10.5 Å². The van der Waals surface area contributed by atoms with Crippen LogP contribution < -0.4 is 5.73 Å². The zero-order chi connectivity index (χ0) is 8.18. The molecular formula is C10H17NO. The summed E-state index contributed by atoms with van der Waals surface area (Å²) in [6.07, 6.45) is 7.12. The lowest BCUT2D eigenvalue weighted by molar-refractivity contribution is -0.229. The number of hydrogen-bond donors (Lipinski definition) is 1. The van der Waals surface area contributed by atoms with Gasteiger partial charge in [0, 0.05) is 24.0 Å². The van der Waals surface area contributed by atoms with E-state index in [0.717, 1.165) is 6.61 Å². The molecule has 2 N–H and O–H groups in total. The maximum atomic E-state index is 6.19. The Bertz CT molecular complexity index is 200. The average Bonchev–Trinajstić information content (AvgIpc) is 2.01. The highest BCUT2D eigenvalue weighted by Crippen LogP contribution is 2.61. The van der Waals surface area contributed by atoms with E-state index in [1.165, 1.54) is 32.1 Å². The van der Waals surface area contributed by atoms with Crippen molar-refractivity contribution in [3.05, 3.63) is 0 Å². The summed E-state index contributed by atoms with van der Waals surface area (Å²) in [5.41, 5.74) is 6.64. The average molecular weight is 167 g/mol. The first-order chi connectivity index (χ1) is 5.84. The molecule has 3 atom stereocenters. The van der Waals surface area contributed by atoms with Crippen molar-refractivity contribution in [3.8, 4) is 0 Å². The van der Waals surface area contributed by atoms with Gasteiger partial charge in [-0.3, -0.25) is 0 Å². The van der Waals surface area contributed by atoms with Crippen molar-refractivity contribution in [1.82, 2.24) is 0 Å². The molecule has 0 radical (unpaired) electrons. The molecular weight excluding hydrogens is 150 g/mol. The largest absolute Gasteiger partial charge is 0.377 e. The molecule has 12 heavy (non-hydrogen) atoms. The minimum atomic E-state index is 0.449. The van der Waals surface area contributed by atoms with Crippen molar-refractivity contribution in [3.63, 3.8) is 0 Å². The molecule has 2 nitrogen and oxygen atoms in total. The van der Waals surface area contributed by atoms with Gasteiger partial charge in [0.1, 0.15) is 0 Å². The molecule has 2 heteroatoms. The molecule has 1 aliphatic heterocycles. The van der Waals surface area contributed by atoms with E-state index in [1.807, 2.05) is 0 Å². The highest BCUT2D eigenvalue weighted by atomic mass is 16.5. The van der Waals surface area contributed by atoms with Gasteiger partial charge in [-0.05, 0) is 25.7 Å². The van der Waals surface area contributed by atoms with Gasteiger partial charge >= 0.3 is 0 Å². The third-order valence-corrected chi connectivity index (χ3v) is 4.34. The summed E-state index contributed by atoms with van der Waals surface area (Å²) in [7, 11) is 0. The lowest BCUT2D eigenvalue weighted by atomic mass is 9.45. The first-order valence-electron chi connectivity index (χ1n) is 5.22. The molecule has 3 fully saturated rings. The van der Waals surface area contributed by atoms with Gasteiger partial charge in [-0.25, -0.2) is 0 Å². The van der Waals surface area contributed by atoms with Gasteiger partial charge < -0.3 is 10.5 Å². The van der Waals surface area contributed by atoms with Crippen LogP contribution in [0.25, 0.3) is 0 Å². The smallest absolute Gasteiger partial charge is 0.0689 e. The van der Waals surface area contributed by atoms with Crippen LogP contribution in [-0.2, 0) is 4.74 Å². The van der Waals surface area contributed by atoms with E-state index in [2.05, 4.69) is 0 Å². The van der Waals surface area contributed by atoms with E-state index in [9.17, 15) is 0 Å². The quantitative estimate of drug-likeness (QED) is 0.590. The molecule has 0 aromatic carbocycles. The minimum absolute atomic E-state index is 0.449. The van der Waals surface area contributed by atoms with Gasteiger partial charge in [-0.15, -0.1) is 0 Å². The number of rotatable bonds is 0. The van der Waals surface area contributed by atoms with Crippen LogP contribution >= 0.6 is 0 Å². The molecule has 0 unspecified atom stereocenters. The van der Waals surface area contributed by atoms with Gasteiger partial charge in [0.25, 0.3) is 0 Å². The third kappa shape index (κ3) is 0.647. The topological polar surface area (TPSA) is 35.2 Å². The summed E-state index contributed by atoms with van der Waals surface area (Å²) in [5.74, 6) is 0.707. The van der Waals surface area contributed by atoms with E-state index < -0.39 is 0 Å². The maximum absolute atomic E-state index is 6.19. The van der Waals surface area contributed by atoms with Gasteiger partial charge in [0.2, 0.25) is 0 Å². The Balaban J connectivity index is 1.80. The molecule has 68 valence electrons. The highest BCUT2D eigenvalue weighted by Gasteiger charge is 2.63. The Morgan fingerprint density at radius 3 is 2.75 bits per heavy atom. The lowest BCUT2D eigenvalue weighted by Crippen LogP contribution is -2.72. The normalized spacial score (nSPS) is 49.2. The van der Waals surface area contributed by atoms with Gasteiger partial charge in [0.05, 0.1) is 6.10 Å². The molecule has 0 amide bonds. The van der Waals surface area contributed by atoms with Crippen molar-refractivity contribution in [2.24, 2.45) is 17.1 Å². The fourth-order valence-electron chi connectivity index (χ4n) is 3.46. The summed E-state index contributed by atoms with van der Waals surface area (Å²) < 4.78 is 5.83. The summed E-state index contributed by atoms with van der Waals surface area (Å²) in [4.78, 5) is 0. The Labute approximate surface area is 73.5 Å². The van der Waals surface area contributed by atoms with Crippen molar-refractivity contribution in [2.45, 2.75) is 44.2 Å². The predicted molar refractivity (Wildman–Crippen MR) is 46.7 cm³/mol. The van der Waals surface area contributed by atoms with Crippen LogP contribution in [0.2, 0.25) is 0 Å². The summed E-state index contributed by atoms with van der Waals surface area (Å²) in [5, 5.41) is 0. The molecule has 3 aliphatic rings. The molecule has 0 bridgehead atoms. The van der Waals surface area contributed by atoms with E-state index >= 15 is 0 Å². The van der Waals surface area contributed by atoms with Crippen molar-refractivity contribution in [1.29, 1.82) is 0 Å². The van der Waals surface area contributed by atoms with E-state index in [-0.39, 0.29) is 0 Å². The highest BCUT2D eigenvalue weighted by molar-refractivity contribution is 5.16. The molecule has 0 aromatic rings. The van der Waals surface area contributed by atoms with E-state index in [1.54, 1.807) is 0 Å². The first kappa shape index (κ1) is 7.34. The molecule has 2 aliphatic carbocycles. The molecule has 3 rings (SSSR count). The van der Waals surface area contributed by atoms with Gasteiger partial charge in [-0.1, -0.05) is 6.42 Å². The Kier molecular flexibility index (Phi) is 1.37. The molecule has 0 aromatic heterocycles. The van der Waals surface area contributed by atoms with Gasteiger partial charge in [-0.2, -0.15) is 0 Å². The Morgan fingerprint density at radius 1 is 1.25 bits per heavy atom. The fourth-order valence-corrected chi connectivity index (χ4v) is 3.46. The number of hydrogen-bond acceptors (Lipinski definition) is 2. The SMILES string of the molecule is N[C@@H]1[C@@H]2CCCO[C@@H]2C12CCC2. The summed E-state index contributed by atoms with van der Waals surface area (Å²) in [6.45, 7) is 0.982. The predicted octanol–water partition coefficient (Wildman–Crippen LogP) is 1.29. The second-order valence-corrected chi connectivity index (χ2v) is 4.71. The lowest BCUT2D eigenvalue weighted by Gasteiger charge is -2.65. The van der Waals surface area contributed by atoms with Crippen LogP contribution in [0.4, 0.5) is 0 Å². The van der Waals surface area contributed by atoms with Gasteiger partial charge in [0.15, 0.2) is 0 Å². The van der Waals surface area contributed by atoms with Crippen LogP contribution in [0.3, 0.4) is 0 Å². The van der Waals surface area contributed by atoms with Crippen LogP contribution in [0.1, 0.15) is 32.1 Å². The molecule has 2 saturated carbocycles. The zero-order valence-corrected chi connectivity index (χ0v) is 7.46. The zero-order valence-electron chi connectivity index (χ0n) is 7.46. The minimum Gasteiger partial charge on any atom is -0.377 e. The van der Waals surface area contributed by atoms with Crippen molar-refractivity contribution < 1.29 is 4.74 Å². The van der Waals surface area contributed by atoms with Crippen LogP contribution in [0.15, 0.2) is 0 Å². The van der Waals surface area contributed by atoms with E-state index in [0.29, 0.717) is 23.5 Å². The van der Waals surface area contributed by atoms with Crippen molar-refractivity contribution >= 4 is 0 Å². The number of fused-ring (bicyclic) bond motifs is 2. The second kappa shape index (κ2) is 2.24. The van der Waals surface area contributed by atoms with Crippen LogP contribution in [0.5, 0.6) is 0 Å². The third-order valence-electron chi connectivity index (χ3n) is 4.34. The molecule has 1 saturated heterocycles. The first-order valence-corrected chi connectivity index (χ1v) is 5.22. The monoisotopic (exact) mass is 167 g/mol. The second-order valence-electron chi connectivity index (χ2n) is 4.71. The number of nitrogens with two attached hydrogens (primary N) is 1. The van der Waals surface area contributed by atoms with Crippen LogP contribution in [-0.4, -0.2) is 18.8 Å². The standard InChI is InChI=1S/C10H17NO/c11-8-7-3-1-6-12-9(7)10(8)4-2-5-10/h7-9H,1-6,11H2/t7-,8+,9-/m0/s1. The Morgan fingerprint density at radius 2 is 2.08 bits per heavy atom. The number of ether oxygens (including phenoxy) is 1. The summed E-state index contributed by atoms with van der Waals surface area (Å²) in [6, 6.07) is 0.469. The van der Waals surface area contributed by atoms with Crippen LogP contribution in [0, 0.1) is 11.3 Å². The summed E-state index contributed by atoms with van der Waals surface area (Å²) >= 11 is 0. The molecule has 1 heterocycles. The van der Waals surface area contributed by atoms with Crippen molar-refractivity contribution in [2.75, 3.05) is 6.61 Å². The Hall–Kier alpha value is -0.0800. The fraction of sp³-hybridized carbons (Fsp3) is 1.00. The molecule has 1 spiro atoms.